The number of rotatable bonds is 6. The van der Waals surface area contributed by atoms with E-state index in [0.29, 0.717) is 6.61 Å². The van der Waals surface area contributed by atoms with Gasteiger partial charge in [0.1, 0.15) is 23.5 Å². The van der Waals surface area contributed by atoms with Crippen molar-refractivity contribution in [1.29, 1.82) is 0 Å². The average molecular weight is 1230 g/mol. The van der Waals surface area contributed by atoms with Crippen LogP contribution in [0.5, 0.6) is 5.75 Å². The topological polar surface area (TPSA) is 25.6 Å². The van der Waals surface area contributed by atoms with Crippen LogP contribution in [0.25, 0.3) is 99.8 Å². The summed E-state index contributed by atoms with van der Waals surface area (Å²) in [6.07, 6.45) is 0. The molecule has 15 aromatic rings. The Bertz CT molecular complexity index is 5800. The molecule has 1 aromatic heterocycles. The molecule has 0 saturated carbocycles. The van der Waals surface area contributed by atoms with Crippen LogP contribution in [0.15, 0.2) is 302 Å². The SMILES string of the molecule is CC1(C)c2ccccc2-c2c3c(c4c(c21)C(C)(C)c1cc(N(c2ccc5c(c2)C(c2ccccc2)(c2ccccc2)c2cc(-c6ccccc6)c6oc7ccccc7c6c2-5)c2ccc5c(c2)C2(c6ccccc6-c6ccccc62)c2ccccc2-5)ccc1-4)-c1ccccc1OC3. The molecule has 14 aromatic carbocycles. The minimum atomic E-state index is -0.780. The third-order valence-corrected chi connectivity index (χ3v) is 23.2. The lowest BCUT2D eigenvalue weighted by Gasteiger charge is -2.35. The molecule has 1 aliphatic heterocycles. The molecule has 5 aliphatic carbocycles. The standard InChI is InChI=1S/C93H63NO2/c1-90(2)72-38-20-17-35-65(72)83-71-54-95-80-42-24-18-36-68(80)82(71)85-66-48-45-58(50-76(66)91(3,4)88(85)87(83)90)94(59-44-47-64-63-34-16-23-41-75(63)93(77(64)51-59)73-39-21-14-32-61(73)62-33-15-22-40-74(62)93)60-46-49-67-78(52-60)92(56-28-10-6-11-29-56,57-30-12-7-13-31-57)79-53-70(55-26-8-5-9-27-55)89-86(84(67)79)69-37-19-25-43-81(69)96-89/h5-53H,54H2,1-4H3. The first kappa shape index (κ1) is 53.9. The van der Waals surface area contributed by atoms with E-state index in [-0.39, 0.29) is 5.41 Å². The van der Waals surface area contributed by atoms with Gasteiger partial charge in [-0.2, -0.15) is 0 Å². The Kier molecular flexibility index (Phi) is 10.7. The number of fused-ring (bicyclic) bond motifs is 29. The number of hydrogen-bond donors (Lipinski definition) is 0. The smallest absolute Gasteiger partial charge is 0.143 e. The maximum absolute atomic E-state index is 7.14. The van der Waals surface area contributed by atoms with Crippen molar-refractivity contribution in [2.75, 3.05) is 4.90 Å². The van der Waals surface area contributed by atoms with E-state index >= 15 is 0 Å². The van der Waals surface area contributed by atoms with Crippen LogP contribution in [0, 0.1) is 0 Å². The number of ether oxygens (including phenoxy) is 1. The Labute approximate surface area is 558 Å². The molecule has 0 amide bonds. The lowest BCUT2D eigenvalue weighted by atomic mass is 9.67. The molecular formula is C93H63NO2. The highest BCUT2D eigenvalue weighted by Crippen LogP contribution is 2.68. The predicted octanol–water partition coefficient (Wildman–Crippen LogP) is 23.6. The number of furan rings is 1. The summed E-state index contributed by atoms with van der Waals surface area (Å²) in [6.45, 7) is 10.4. The van der Waals surface area contributed by atoms with E-state index in [2.05, 4.69) is 330 Å². The van der Waals surface area contributed by atoms with Gasteiger partial charge in [-0.3, -0.25) is 0 Å². The molecular weight excluding hydrogens is 1160 g/mol. The molecule has 0 atom stereocenters. The first-order valence-corrected chi connectivity index (χ1v) is 33.9. The maximum atomic E-state index is 7.14. The van der Waals surface area contributed by atoms with Crippen LogP contribution in [-0.4, -0.2) is 0 Å². The van der Waals surface area contributed by atoms with Gasteiger partial charge in [-0.1, -0.05) is 270 Å². The van der Waals surface area contributed by atoms with Gasteiger partial charge in [-0.05, 0) is 183 Å². The molecule has 2 heterocycles. The van der Waals surface area contributed by atoms with Crippen LogP contribution < -0.4 is 9.64 Å². The van der Waals surface area contributed by atoms with E-state index < -0.39 is 16.2 Å². The number of nitrogens with zero attached hydrogens (tertiary/aromatic N) is 1. The molecule has 0 fully saturated rings. The number of benzene rings is 14. The summed E-state index contributed by atoms with van der Waals surface area (Å²) in [5, 5.41) is 2.24. The molecule has 6 aliphatic rings. The van der Waals surface area contributed by atoms with Crippen molar-refractivity contribution in [1.82, 2.24) is 0 Å². The predicted molar refractivity (Wildman–Crippen MR) is 392 cm³/mol. The molecule has 0 N–H and O–H groups in total. The number of anilines is 3. The van der Waals surface area contributed by atoms with Gasteiger partial charge in [0.15, 0.2) is 0 Å². The van der Waals surface area contributed by atoms with Gasteiger partial charge in [0.25, 0.3) is 0 Å². The van der Waals surface area contributed by atoms with Gasteiger partial charge in [-0.25, -0.2) is 0 Å². The second kappa shape index (κ2) is 19.1. The summed E-state index contributed by atoms with van der Waals surface area (Å²) in [4.78, 5) is 2.61. The fraction of sp³-hybridized carbons (Fsp3) is 0.0968. The minimum absolute atomic E-state index is 0.270. The molecule has 21 rings (SSSR count). The summed E-state index contributed by atoms with van der Waals surface area (Å²) < 4.78 is 13.9. The van der Waals surface area contributed by atoms with Gasteiger partial charge >= 0.3 is 0 Å². The number of para-hydroxylation sites is 2. The van der Waals surface area contributed by atoms with Crippen LogP contribution >= 0.6 is 0 Å². The largest absolute Gasteiger partial charge is 0.488 e. The molecule has 96 heavy (non-hydrogen) atoms. The third kappa shape index (κ3) is 6.67. The van der Waals surface area contributed by atoms with Crippen molar-refractivity contribution >= 4 is 39.0 Å². The highest BCUT2D eigenvalue weighted by Gasteiger charge is 2.54. The van der Waals surface area contributed by atoms with Crippen molar-refractivity contribution in [3.63, 3.8) is 0 Å². The van der Waals surface area contributed by atoms with Crippen molar-refractivity contribution in [2.45, 2.75) is 56.0 Å². The second-order valence-electron chi connectivity index (χ2n) is 28.3. The highest BCUT2D eigenvalue weighted by atomic mass is 16.5. The molecule has 0 bridgehead atoms. The first-order chi connectivity index (χ1) is 47.2. The van der Waals surface area contributed by atoms with Gasteiger partial charge in [0.2, 0.25) is 0 Å². The summed E-state index contributed by atoms with van der Waals surface area (Å²) in [5.74, 6) is 0.939. The van der Waals surface area contributed by atoms with Crippen LogP contribution in [0.2, 0.25) is 0 Å². The minimum Gasteiger partial charge on any atom is -0.488 e. The quantitative estimate of drug-likeness (QED) is 0.166. The zero-order chi connectivity index (χ0) is 63.6. The summed E-state index contributed by atoms with van der Waals surface area (Å²) in [5.41, 5.74) is 37.4. The van der Waals surface area contributed by atoms with Crippen LogP contribution in [0.1, 0.15) is 100 Å². The first-order valence-electron chi connectivity index (χ1n) is 33.9. The monoisotopic (exact) mass is 1230 g/mol. The lowest BCUT2D eigenvalue weighted by Crippen LogP contribution is -2.29. The maximum Gasteiger partial charge on any atom is 0.143 e. The van der Waals surface area contributed by atoms with E-state index in [9.17, 15) is 0 Å². The van der Waals surface area contributed by atoms with Crippen LogP contribution in [0.4, 0.5) is 17.1 Å². The zero-order valence-corrected chi connectivity index (χ0v) is 53.8. The highest BCUT2D eigenvalue weighted by molar-refractivity contribution is 6.19. The lowest BCUT2D eigenvalue weighted by molar-refractivity contribution is 0.303. The van der Waals surface area contributed by atoms with E-state index in [1.807, 2.05) is 0 Å². The Morgan fingerprint density at radius 3 is 1.39 bits per heavy atom. The van der Waals surface area contributed by atoms with E-state index in [1.165, 1.54) is 134 Å². The molecule has 3 nitrogen and oxygen atoms in total. The average Bonchev–Trinajstić information content (AvgIpc) is 1.52. The second-order valence-corrected chi connectivity index (χ2v) is 28.3. The fourth-order valence-electron chi connectivity index (χ4n) is 19.4. The third-order valence-electron chi connectivity index (χ3n) is 23.2. The van der Waals surface area contributed by atoms with E-state index in [4.69, 9.17) is 9.15 Å². The zero-order valence-electron chi connectivity index (χ0n) is 53.8. The Morgan fingerprint density at radius 1 is 0.312 bits per heavy atom. The molecule has 1 spiro atoms. The molecule has 452 valence electrons. The molecule has 0 radical (unpaired) electrons. The van der Waals surface area contributed by atoms with Gasteiger partial charge in [-0.15, -0.1) is 0 Å². The normalized spacial score (nSPS) is 15.5. The Morgan fingerprint density at radius 2 is 0.760 bits per heavy atom. The molecule has 0 unspecified atom stereocenters. The number of hydrogen-bond acceptors (Lipinski definition) is 3. The molecule has 0 saturated heterocycles. The summed E-state index contributed by atoms with van der Waals surface area (Å²) in [6, 6.07) is 112. The van der Waals surface area contributed by atoms with Crippen molar-refractivity contribution in [3.8, 4) is 83.6 Å². The van der Waals surface area contributed by atoms with Gasteiger partial charge in [0.05, 0.1) is 10.8 Å². The van der Waals surface area contributed by atoms with Crippen molar-refractivity contribution in [3.05, 3.63) is 370 Å². The van der Waals surface area contributed by atoms with Crippen LogP contribution in [-0.2, 0) is 28.3 Å². The summed E-state index contributed by atoms with van der Waals surface area (Å²) >= 11 is 0. The van der Waals surface area contributed by atoms with Gasteiger partial charge < -0.3 is 14.1 Å². The fourth-order valence-corrected chi connectivity index (χ4v) is 19.4. The Balaban J connectivity index is 0.865. The van der Waals surface area contributed by atoms with Crippen molar-refractivity contribution < 1.29 is 9.15 Å². The van der Waals surface area contributed by atoms with Gasteiger partial charge in [0, 0.05) is 60.9 Å². The molecule has 3 heteroatoms. The summed E-state index contributed by atoms with van der Waals surface area (Å²) in [7, 11) is 0. The van der Waals surface area contributed by atoms with Crippen molar-refractivity contribution in [2.24, 2.45) is 0 Å². The van der Waals surface area contributed by atoms with E-state index in [1.54, 1.807) is 0 Å². The Hall–Kier alpha value is -11.5. The van der Waals surface area contributed by atoms with Crippen LogP contribution in [0.3, 0.4) is 0 Å². The van der Waals surface area contributed by atoms with E-state index in [0.717, 1.165) is 61.4 Å².